The Morgan fingerprint density at radius 1 is 1.04 bits per heavy atom. The lowest BCUT2D eigenvalue weighted by atomic mass is 9.94. The molecule has 1 unspecified atom stereocenters. The van der Waals surface area contributed by atoms with Crippen LogP contribution in [0.2, 0.25) is 0 Å². The van der Waals surface area contributed by atoms with Crippen LogP contribution in [0.25, 0.3) is 16.7 Å². The Balaban J connectivity index is 2.26. The van der Waals surface area contributed by atoms with Crippen LogP contribution in [0.3, 0.4) is 0 Å². The second kappa shape index (κ2) is 6.39. The SMILES string of the molecule is CCCC(C)c1nc(C(C)(C)C)nc2c1ccn2-c1ccccc1. The molecule has 0 aliphatic heterocycles. The van der Waals surface area contributed by atoms with Gasteiger partial charge in [0.05, 0.1) is 5.69 Å². The van der Waals surface area contributed by atoms with Gasteiger partial charge in [-0.05, 0) is 30.5 Å². The van der Waals surface area contributed by atoms with E-state index in [1.165, 1.54) is 11.1 Å². The van der Waals surface area contributed by atoms with Gasteiger partial charge in [0, 0.05) is 22.7 Å². The Labute approximate surface area is 144 Å². The molecule has 0 bridgehead atoms. The summed E-state index contributed by atoms with van der Waals surface area (Å²) in [6.07, 6.45) is 4.42. The van der Waals surface area contributed by atoms with Crippen molar-refractivity contribution >= 4 is 11.0 Å². The molecule has 1 aromatic carbocycles. The Morgan fingerprint density at radius 2 is 1.75 bits per heavy atom. The first-order chi connectivity index (χ1) is 11.4. The van der Waals surface area contributed by atoms with Gasteiger partial charge in [0.25, 0.3) is 0 Å². The molecular formula is C21H27N3. The normalized spacial score (nSPS) is 13.4. The molecular weight excluding hydrogens is 294 g/mol. The molecule has 0 saturated carbocycles. The van der Waals surface area contributed by atoms with E-state index in [1.807, 2.05) is 6.07 Å². The van der Waals surface area contributed by atoms with E-state index in [0.717, 1.165) is 30.0 Å². The highest BCUT2D eigenvalue weighted by molar-refractivity contribution is 5.81. The molecule has 126 valence electrons. The van der Waals surface area contributed by atoms with Crippen LogP contribution >= 0.6 is 0 Å². The smallest absolute Gasteiger partial charge is 0.148 e. The Bertz CT molecular complexity index is 825. The highest BCUT2D eigenvalue weighted by atomic mass is 15.1. The minimum Gasteiger partial charge on any atom is -0.301 e. The molecule has 0 aliphatic carbocycles. The van der Waals surface area contributed by atoms with E-state index in [-0.39, 0.29) is 5.41 Å². The lowest BCUT2D eigenvalue weighted by Gasteiger charge is -2.20. The fourth-order valence-corrected chi connectivity index (χ4v) is 3.12. The summed E-state index contributed by atoms with van der Waals surface area (Å²) in [5, 5.41) is 1.17. The zero-order chi connectivity index (χ0) is 17.3. The lowest BCUT2D eigenvalue weighted by molar-refractivity contribution is 0.537. The quantitative estimate of drug-likeness (QED) is 0.624. The van der Waals surface area contributed by atoms with Gasteiger partial charge in [0.2, 0.25) is 0 Å². The molecule has 2 heterocycles. The van der Waals surface area contributed by atoms with Crippen LogP contribution < -0.4 is 0 Å². The summed E-state index contributed by atoms with van der Waals surface area (Å²) < 4.78 is 2.18. The Hall–Kier alpha value is -2.16. The number of fused-ring (bicyclic) bond motifs is 1. The number of benzene rings is 1. The van der Waals surface area contributed by atoms with Crippen molar-refractivity contribution in [1.82, 2.24) is 14.5 Å². The summed E-state index contributed by atoms with van der Waals surface area (Å²) >= 11 is 0. The molecule has 3 rings (SSSR count). The fraction of sp³-hybridized carbons (Fsp3) is 0.429. The lowest BCUT2D eigenvalue weighted by Crippen LogP contribution is -2.18. The van der Waals surface area contributed by atoms with Crippen molar-refractivity contribution in [3.8, 4) is 5.69 Å². The number of aromatic nitrogens is 3. The van der Waals surface area contributed by atoms with Crippen LogP contribution in [0.15, 0.2) is 42.6 Å². The summed E-state index contributed by atoms with van der Waals surface area (Å²) in [7, 11) is 0. The molecule has 0 radical (unpaired) electrons. The van der Waals surface area contributed by atoms with Gasteiger partial charge in [-0.2, -0.15) is 0 Å². The van der Waals surface area contributed by atoms with Crippen LogP contribution in [0.1, 0.15) is 64.9 Å². The van der Waals surface area contributed by atoms with Gasteiger partial charge in [-0.15, -0.1) is 0 Å². The maximum Gasteiger partial charge on any atom is 0.148 e. The molecule has 3 heteroatoms. The highest BCUT2D eigenvalue weighted by Gasteiger charge is 2.23. The van der Waals surface area contributed by atoms with Crippen LogP contribution in [0.4, 0.5) is 0 Å². The third kappa shape index (κ3) is 3.08. The highest BCUT2D eigenvalue weighted by Crippen LogP contribution is 2.31. The minimum atomic E-state index is -0.0688. The van der Waals surface area contributed by atoms with Crippen molar-refractivity contribution in [1.29, 1.82) is 0 Å². The number of rotatable bonds is 4. The third-order valence-electron chi connectivity index (χ3n) is 4.47. The standard InChI is InChI=1S/C21H27N3/c1-6-10-15(2)18-17-13-14-24(16-11-8-7-9-12-16)19(17)23-20(22-18)21(3,4)5/h7-9,11-15H,6,10H2,1-5H3. The second-order valence-corrected chi connectivity index (χ2v) is 7.63. The topological polar surface area (TPSA) is 30.7 Å². The van der Waals surface area contributed by atoms with E-state index < -0.39 is 0 Å². The second-order valence-electron chi connectivity index (χ2n) is 7.63. The monoisotopic (exact) mass is 321 g/mol. The maximum absolute atomic E-state index is 4.97. The van der Waals surface area contributed by atoms with Crippen LogP contribution in [0.5, 0.6) is 0 Å². The number of nitrogens with zero attached hydrogens (tertiary/aromatic N) is 3. The van der Waals surface area contributed by atoms with Gasteiger partial charge in [0.15, 0.2) is 0 Å². The van der Waals surface area contributed by atoms with E-state index >= 15 is 0 Å². The fourth-order valence-electron chi connectivity index (χ4n) is 3.12. The van der Waals surface area contributed by atoms with Gasteiger partial charge in [0.1, 0.15) is 11.5 Å². The Morgan fingerprint density at radius 3 is 2.38 bits per heavy atom. The zero-order valence-corrected chi connectivity index (χ0v) is 15.4. The van der Waals surface area contributed by atoms with Gasteiger partial charge < -0.3 is 4.57 Å². The van der Waals surface area contributed by atoms with Gasteiger partial charge >= 0.3 is 0 Å². The van der Waals surface area contributed by atoms with Crippen molar-refractivity contribution in [2.24, 2.45) is 0 Å². The summed E-state index contributed by atoms with van der Waals surface area (Å²) in [4.78, 5) is 9.91. The minimum absolute atomic E-state index is 0.0688. The van der Waals surface area contributed by atoms with Crippen molar-refractivity contribution in [3.63, 3.8) is 0 Å². The molecule has 2 aromatic heterocycles. The first-order valence-electron chi connectivity index (χ1n) is 8.86. The molecule has 0 aliphatic rings. The van der Waals surface area contributed by atoms with Gasteiger partial charge in [-0.3, -0.25) is 0 Å². The average Bonchev–Trinajstić information content (AvgIpc) is 2.98. The van der Waals surface area contributed by atoms with Crippen molar-refractivity contribution in [3.05, 3.63) is 54.1 Å². The van der Waals surface area contributed by atoms with Crippen LogP contribution in [-0.4, -0.2) is 14.5 Å². The molecule has 0 fully saturated rings. The summed E-state index contributed by atoms with van der Waals surface area (Å²) in [5.41, 5.74) is 3.27. The average molecular weight is 321 g/mol. The zero-order valence-electron chi connectivity index (χ0n) is 15.4. The molecule has 3 aromatic rings. The molecule has 0 amide bonds. The van der Waals surface area contributed by atoms with Crippen molar-refractivity contribution < 1.29 is 0 Å². The van der Waals surface area contributed by atoms with E-state index in [1.54, 1.807) is 0 Å². The largest absolute Gasteiger partial charge is 0.301 e. The molecule has 0 saturated heterocycles. The molecule has 0 spiro atoms. The van der Waals surface area contributed by atoms with E-state index in [0.29, 0.717) is 5.92 Å². The predicted molar refractivity (Wildman–Crippen MR) is 101 cm³/mol. The molecule has 24 heavy (non-hydrogen) atoms. The van der Waals surface area contributed by atoms with Gasteiger partial charge in [-0.1, -0.05) is 59.2 Å². The molecule has 3 nitrogen and oxygen atoms in total. The predicted octanol–water partition coefficient (Wildman–Crippen LogP) is 5.62. The van der Waals surface area contributed by atoms with E-state index in [9.17, 15) is 0 Å². The summed E-state index contributed by atoms with van der Waals surface area (Å²) in [6.45, 7) is 11.0. The van der Waals surface area contributed by atoms with E-state index in [4.69, 9.17) is 9.97 Å². The van der Waals surface area contributed by atoms with Gasteiger partial charge in [-0.25, -0.2) is 9.97 Å². The number of hydrogen-bond donors (Lipinski definition) is 0. The third-order valence-corrected chi connectivity index (χ3v) is 4.47. The van der Waals surface area contributed by atoms with Crippen LogP contribution in [-0.2, 0) is 5.41 Å². The van der Waals surface area contributed by atoms with E-state index in [2.05, 4.69) is 75.7 Å². The summed E-state index contributed by atoms with van der Waals surface area (Å²) in [6, 6.07) is 12.6. The maximum atomic E-state index is 4.97. The first-order valence-corrected chi connectivity index (χ1v) is 8.86. The van der Waals surface area contributed by atoms with Crippen LogP contribution in [0, 0.1) is 0 Å². The number of hydrogen-bond acceptors (Lipinski definition) is 2. The summed E-state index contributed by atoms with van der Waals surface area (Å²) in [5.74, 6) is 1.36. The molecule has 0 N–H and O–H groups in total. The van der Waals surface area contributed by atoms with Crippen molar-refractivity contribution in [2.75, 3.05) is 0 Å². The van der Waals surface area contributed by atoms with Crippen molar-refractivity contribution in [2.45, 2.75) is 58.8 Å². The number of para-hydroxylation sites is 1. The first kappa shape index (κ1) is 16.7. The molecule has 1 atom stereocenters. The Kier molecular flexibility index (Phi) is 4.44.